The zero-order chi connectivity index (χ0) is 13.2. The second-order valence-corrected chi connectivity index (χ2v) is 6.01. The molecule has 0 radical (unpaired) electrons. The summed E-state index contributed by atoms with van der Waals surface area (Å²) >= 11 is 5.98. The Hall–Kier alpha value is -0.610. The lowest BCUT2D eigenvalue weighted by atomic mass is 9.98. The molecule has 0 aromatic heterocycles. The van der Waals surface area contributed by atoms with Crippen LogP contribution >= 0.6 is 11.6 Å². The predicted octanol–water partition coefficient (Wildman–Crippen LogP) is 2.46. The number of benzene rings is 1. The summed E-state index contributed by atoms with van der Waals surface area (Å²) in [6.07, 6.45) is 2.85. The highest BCUT2D eigenvalue weighted by Gasteiger charge is 2.32. The van der Waals surface area contributed by atoms with Crippen molar-refractivity contribution in [3.8, 4) is 0 Å². The Balaban J connectivity index is 1.73. The third-order valence-corrected chi connectivity index (χ3v) is 4.25. The topological polar surface area (TPSA) is 24.5 Å². The van der Waals surface area contributed by atoms with Gasteiger partial charge >= 0.3 is 0 Å². The quantitative estimate of drug-likeness (QED) is 0.917. The van der Waals surface area contributed by atoms with Crippen LogP contribution in [0.3, 0.4) is 0 Å². The van der Waals surface area contributed by atoms with E-state index in [2.05, 4.69) is 29.4 Å². The average Bonchev–Trinajstić information content (AvgIpc) is 3.22. The van der Waals surface area contributed by atoms with Gasteiger partial charge in [-0.05, 0) is 37.6 Å². The number of halogens is 1. The summed E-state index contributed by atoms with van der Waals surface area (Å²) in [5.74, 6) is 0. The molecule has 0 bridgehead atoms. The van der Waals surface area contributed by atoms with Gasteiger partial charge in [0, 0.05) is 24.2 Å². The maximum absolute atomic E-state index is 5.99. The highest BCUT2D eigenvalue weighted by molar-refractivity contribution is 6.30. The molecule has 1 saturated carbocycles. The number of nitrogens with one attached hydrogen (secondary N) is 1. The fraction of sp³-hybridized carbons (Fsp3) is 0.600. The number of likely N-dealkylation sites (N-methyl/N-ethyl adjacent to an activating group) is 1. The summed E-state index contributed by atoms with van der Waals surface area (Å²) in [7, 11) is 2.17. The molecule has 2 atom stereocenters. The first-order valence-corrected chi connectivity index (χ1v) is 7.42. The van der Waals surface area contributed by atoms with Crippen LogP contribution in [0.15, 0.2) is 24.3 Å². The summed E-state index contributed by atoms with van der Waals surface area (Å²) in [4.78, 5) is 2.38. The summed E-state index contributed by atoms with van der Waals surface area (Å²) in [6.45, 7) is 2.73. The molecule has 19 heavy (non-hydrogen) atoms. The molecule has 4 heteroatoms. The van der Waals surface area contributed by atoms with E-state index in [9.17, 15) is 0 Å². The van der Waals surface area contributed by atoms with Gasteiger partial charge < -0.3 is 10.1 Å². The highest BCUT2D eigenvalue weighted by Crippen LogP contribution is 2.29. The molecule has 3 rings (SSSR count). The number of rotatable bonds is 4. The molecule has 2 fully saturated rings. The zero-order valence-corrected chi connectivity index (χ0v) is 12.1. The number of hydrogen-bond acceptors (Lipinski definition) is 3. The van der Waals surface area contributed by atoms with Gasteiger partial charge in [0.15, 0.2) is 0 Å². The van der Waals surface area contributed by atoms with Gasteiger partial charge in [0.05, 0.1) is 18.8 Å². The molecule has 1 aromatic carbocycles. The molecular formula is C15H21ClN2O. The van der Waals surface area contributed by atoms with Gasteiger partial charge in [-0.1, -0.05) is 23.7 Å². The van der Waals surface area contributed by atoms with Crippen LogP contribution in [0.5, 0.6) is 0 Å². The van der Waals surface area contributed by atoms with E-state index in [-0.39, 0.29) is 6.10 Å². The molecular weight excluding hydrogens is 260 g/mol. The van der Waals surface area contributed by atoms with Crippen molar-refractivity contribution in [2.24, 2.45) is 0 Å². The van der Waals surface area contributed by atoms with E-state index in [0.717, 1.165) is 30.8 Å². The van der Waals surface area contributed by atoms with Crippen LogP contribution in [0.1, 0.15) is 24.4 Å². The first-order chi connectivity index (χ1) is 9.24. The highest BCUT2D eigenvalue weighted by atomic mass is 35.5. The Labute approximate surface area is 119 Å². The molecule has 3 nitrogen and oxygen atoms in total. The van der Waals surface area contributed by atoms with Gasteiger partial charge in [-0.3, -0.25) is 4.90 Å². The zero-order valence-electron chi connectivity index (χ0n) is 11.3. The molecule has 2 aliphatic rings. The first-order valence-electron chi connectivity index (χ1n) is 7.05. The van der Waals surface area contributed by atoms with E-state index < -0.39 is 0 Å². The van der Waals surface area contributed by atoms with Crippen LogP contribution < -0.4 is 5.32 Å². The smallest absolute Gasteiger partial charge is 0.0896 e. The fourth-order valence-corrected chi connectivity index (χ4v) is 2.86. The van der Waals surface area contributed by atoms with Gasteiger partial charge in [0.1, 0.15) is 0 Å². The number of ether oxygens (including phenoxy) is 1. The summed E-state index contributed by atoms with van der Waals surface area (Å²) in [6, 6.07) is 9.19. The predicted molar refractivity (Wildman–Crippen MR) is 77.6 cm³/mol. The number of nitrogens with zero attached hydrogens (tertiary/aromatic N) is 1. The van der Waals surface area contributed by atoms with Gasteiger partial charge in [0.25, 0.3) is 0 Å². The van der Waals surface area contributed by atoms with Gasteiger partial charge in [-0.15, -0.1) is 0 Å². The summed E-state index contributed by atoms with van der Waals surface area (Å²) in [5, 5.41) is 4.37. The molecule has 1 aliphatic carbocycles. The van der Waals surface area contributed by atoms with E-state index in [1.54, 1.807) is 0 Å². The molecule has 104 valence electrons. The minimum absolute atomic E-state index is 0.223. The third kappa shape index (κ3) is 3.29. The first kappa shape index (κ1) is 13.4. The largest absolute Gasteiger partial charge is 0.374 e. The maximum Gasteiger partial charge on any atom is 0.0896 e. The third-order valence-electron chi connectivity index (χ3n) is 4.00. The van der Waals surface area contributed by atoms with Crippen molar-refractivity contribution in [1.29, 1.82) is 0 Å². The monoisotopic (exact) mass is 280 g/mol. The van der Waals surface area contributed by atoms with E-state index >= 15 is 0 Å². The van der Waals surface area contributed by atoms with Crippen LogP contribution in [0.4, 0.5) is 0 Å². The van der Waals surface area contributed by atoms with Crippen molar-refractivity contribution in [1.82, 2.24) is 10.2 Å². The Kier molecular flexibility index (Phi) is 4.08. The molecule has 1 aromatic rings. The number of hydrogen-bond donors (Lipinski definition) is 1. The standard InChI is InChI=1S/C15H21ClN2O/c1-18-8-9-19-14(10-17-13-6-7-13)15(18)11-2-4-12(16)5-3-11/h2-5,13-15,17H,6-10H2,1H3. The molecule has 1 heterocycles. The Morgan fingerprint density at radius 3 is 2.74 bits per heavy atom. The molecule has 2 unspecified atom stereocenters. The summed E-state index contributed by atoms with van der Waals surface area (Å²) < 4.78 is 5.99. The lowest BCUT2D eigenvalue weighted by molar-refractivity contribution is -0.0615. The lowest BCUT2D eigenvalue weighted by Crippen LogP contribution is -2.47. The lowest BCUT2D eigenvalue weighted by Gasteiger charge is -2.39. The second-order valence-electron chi connectivity index (χ2n) is 5.57. The average molecular weight is 281 g/mol. The molecule has 0 amide bonds. The Bertz CT molecular complexity index is 419. The van der Waals surface area contributed by atoms with Crippen molar-refractivity contribution < 1.29 is 4.74 Å². The van der Waals surface area contributed by atoms with E-state index in [4.69, 9.17) is 16.3 Å². The van der Waals surface area contributed by atoms with Crippen LogP contribution in [0.2, 0.25) is 5.02 Å². The minimum Gasteiger partial charge on any atom is -0.374 e. The van der Waals surface area contributed by atoms with Crippen molar-refractivity contribution >= 4 is 11.6 Å². The van der Waals surface area contributed by atoms with Crippen LogP contribution in [0.25, 0.3) is 0 Å². The normalized spacial score (nSPS) is 28.5. The minimum atomic E-state index is 0.223. The summed E-state index contributed by atoms with van der Waals surface area (Å²) in [5.41, 5.74) is 1.29. The van der Waals surface area contributed by atoms with E-state index in [0.29, 0.717) is 6.04 Å². The molecule has 1 saturated heterocycles. The van der Waals surface area contributed by atoms with Crippen LogP contribution in [-0.2, 0) is 4.74 Å². The van der Waals surface area contributed by atoms with Crippen molar-refractivity contribution in [3.63, 3.8) is 0 Å². The van der Waals surface area contributed by atoms with E-state index in [1.165, 1.54) is 18.4 Å². The second kappa shape index (κ2) is 5.80. The maximum atomic E-state index is 5.99. The Morgan fingerprint density at radius 2 is 2.05 bits per heavy atom. The number of morpholine rings is 1. The van der Waals surface area contributed by atoms with Crippen LogP contribution in [0, 0.1) is 0 Å². The van der Waals surface area contributed by atoms with Gasteiger partial charge in [-0.25, -0.2) is 0 Å². The van der Waals surface area contributed by atoms with Gasteiger partial charge in [0.2, 0.25) is 0 Å². The van der Waals surface area contributed by atoms with Crippen molar-refractivity contribution in [3.05, 3.63) is 34.9 Å². The van der Waals surface area contributed by atoms with Crippen LogP contribution in [-0.4, -0.2) is 43.8 Å². The molecule has 1 aliphatic heterocycles. The SMILES string of the molecule is CN1CCOC(CNC2CC2)C1c1ccc(Cl)cc1. The van der Waals surface area contributed by atoms with Crippen molar-refractivity contribution in [2.75, 3.05) is 26.7 Å². The van der Waals surface area contributed by atoms with E-state index in [1.807, 2.05) is 12.1 Å². The molecule has 1 N–H and O–H groups in total. The molecule has 0 spiro atoms. The van der Waals surface area contributed by atoms with Gasteiger partial charge in [-0.2, -0.15) is 0 Å². The van der Waals surface area contributed by atoms with Crippen molar-refractivity contribution in [2.45, 2.75) is 31.0 Å². The fourth-order valence-electron chi connectivity index (χ4n) is 2.73. The Morgan fingerprint density at radius 1 is 1.32 bits per heavy atom.